The van der Waals surface area contributed by atoms with E-state index >= 15 is 0 Å². The number of nitrogens with one attached hydrogen (secondary N) is 1. The van der Waals surface area contributed by atoms with Gasteiger partial charge in [-0.15, -0.1) is 0 Å². The standard InChI is InChI=1S/C14H17F2NO2/c15-10-1-2-13(12(16)7-10)17-11-3-5-19-14(8-11)4-6-18-9-14/h1-2,7,11,17H,3-6,8-9H2. The van der Waals surface area contributed by atoms with Gasteiger partial charge >= 0.3 is 0 Å². The summed E-state index contributed by atoms with van der Waals surface area (Å²) in [5.74, 6) is -1.11. The number of ether oxygens (including phenoxy) is 2. The SMILES string of the molecule is Fc1ccc(NC2CCOC3(CCOC3)C2)c(F)c1. The lowest BCUT2D eigenvalue weighted by Crippen LogP contribution is -2.45. The van der Waals surface area contributed by atoms with Gasteiger partial charge in [0.2, 0.25) is 0 Å². The molecule has 0 aromatic heterocycles. The first-order chi connectivity index (χ1) is 9.17. The Bertz CT molecular complexity index is 461. The lowest BCUT2D eigenvalue weighted by molar-refractivity contribution is -0.0828. The fourth-order valence-electron chi connectivity index (χ4n) is 2.84. The molecule has 104 valence electrons. The zero-order valence-corrected chi connectivity index (χ0v) is 10.6. The molecule has 0 radical (unpaired) electrons. The molecule has 2 unspecified atom stereocenters. The molecule has 2 fully saturated rings. The van der Waals surface area contributed by atoms with Crippen molar-refractivity contribution in [3.05, 3.63) is 29.8 Å². The topological polar surface area (TPSA) is 30.5 Å². The smallest absolute Gasteiger partial charge is 0.149 e. The second-order valence-electron chi connectivity index (χ2n) is 5.29. The molecular formula is C14H17F2NO2. The third-order valence-corrected chi connectivity index (χ3v) is 3.85. The highest BCUT2D eigenvalue weighted by Gasteiger charge is 2.41. The molecule has 19 heavy (non-hydrogen) atoms. The first-order valence-corrected chi connectivity index (χ1v) is 6.60. The Labute approximate surface area is 110 Å². The van der Waals surface area contributed by atoms with Crippen LogP contribution in [-0.4, -0.2) is 31.5 Å². The van der Waals surface area contributed by atoms with Crippen molar-refractivity contribution < 1.29 is 18.3 Å². The Hall–Kier alpha value is -1.20. The van der Waals surface area contributed by atoms with Crippen LogP contribution in [0.2, 0.25) is 0 Å². The molecule has 1 spiro atoms. The van der Waals surface area contributed by atoms with E-state index in [4.69, 9.17) is 9.47 Å². The Kier molecular flexibility index (Phi) is 3.41. The van der Waals surface area contributed by atoms with Crippen LogP contribution in [-0.2, 0) is 9.47 Å². The van der Waals surface area contributed by atoms with Gasteiger partial charge in [-0.2, -0.15) is 0 Å². The maximum atomic E-state index is 13.6. The maximum Gasteiger partial charge on any atom is 0.149 e. The van der Waals surface area contributed by atoms with Crippen LogP contribution < -0.4 is 5.32 Å². The van der Waals surface area contributed by atoms with Crippen molar-refractivity contribution in [3.63, 3.8) is 0 Å². The minimum Gasteiger partial charge on any atom is -0.380 e. The lowest BCUT2D eigenvalue weighted by atomic mass is 9.89. The number of hydrogen-bond acceptors (Lipinski definition) is 3. The number of rotatable bonds is 2. The van der Waals surface area contributed by atoms with E-state index in [0.717, 1.165) is 31.9 Å². The van der Waals surface area contributed by atoms with Crippen molar-refractivity contribution in [2.75, 3.05) is 25.1 Å². The highest BCUT2D eigenvalue weighted by molar-refractivity contribution is 5.45. The first-order valence-electron chi connectivity index (χ1n) is 6.60. The molecule has 3 nitrogen and oxygen atoms in total. The largest absolute Gasteiger partial charge is 0.380 e. The van der Waals surface area contributed by atoms with Crippen LogP contribution in [0.1, 0.15) is 19.3 Å². The number of halogens is 2. The predicted octanol–water partition coefficient (Wildman–Crippen LogP) is 2.71. The Morgan fingerprint density at radius 1 is 1.26 bits per heavy atom. The van der Waals surface area contributed by atoms with Gasteiger partial charge in [-0.25, -0.2) is 8.78 Å². The molecule has 1 aromatic carbocycles. The molecule has 2 atom stereocenters. The molecule has 3 rings (SSSR count). The normalized spacial score (nSPS) is 30.7. The summed E-state index contributed by atoms with van der Waals surface area (Å²) in [6.45, 7) is 1.97. The molecule has 2 heterocycles. The number of hydrogen-bond donors (Lipinski definition) is 1. The predicted molar refractivity (Wildman–Crippen MR) is 67.1 cm³/mol. The van der Waals surface area contributed by atoms with Gasteiger partial charge in [-0.1, -0.05) is 0 Å². The quantitative estimate of drug-likeness (QED) is 0.895. The van der Waals surface area contributed by atoms with E-state index in [-0.39, 0.29) is 11.6 Å². The molecule has 0 aliphatic carbocycles. The van der Waals surface area contributed by atoms with Gasteiger partial charge in [0.25, 0.3) is 0 Å². The van der Waals surface area contributed by atoms with Crippen molar-refractivity contribution in [2.24, 2.45) is 0 Å². The molecule has 2 aliphatic rings. The molecule has 0 bridgehead atoms. The third kappa shape index (κ3) is 2.72. The van der Waals surface area contributed by atoms with Crippen LogP contribution in [0.25, 0.3) is 0 Å². The van der Waals surface area contributed by atoms with E-state index < -0.39 is 11.6 Å². The Morgan fingerprint density at radius 3 is 2.89 bits per heavy atom. The van der Waals surface area contributed by atoms with Gasteiger partial charge in [0.05, 0.1) is 17.9 Å². The summed E-state index contributed by atoms with van der Waals surface area (Å²) < 4.78 is 37.7. The van der Waals surface area contributed by atoms with Gasteiger partial charge in [-0.05, 0) is 25.0 Å². The van der Waals surface area contributed by atoms with Crippen molar-refractivity contribution in [1.82, 2.24) is 0 Å². The fraction of sp³-hybridized carbons (Fsp3) is 0.571. The van der Waals surface area contributed by atoms with Crippen molar-refractivity contribution in [1.29, 1.82) is 0 Å². The molecule has 0 saturated carbocycles. The van der Waals surface area contributed by atoms with E-state index in [1.807, 2.05) is 0 Å². The minimum absolute atomic E-state index is 0.135. The van der Waals surface area contributed by atoms with Gasteiger partial charge in [0.1, 0.15) is 11.6 Å². The van der Waals surface area contributed by atoms with Crippen LogP contribution >= 0.6 is 0 Å². The molecule has 2 aliphatic heterocycles. The summed E-state index contributed by atoms with van der Waals surface area (Å²) >= 11 is 0. The molecular weight excluding hydrogens is 252 g/mol. The van der Waals surface area contributed by atoms with Crippen LogP contribution in [0, 0.1) is 11.6 Å². The Balaban J connectivity index is 1.69. The molecule has 1 N–H and O–H groups in total. The highest BCUT2D eigenvalue weighted by Crippen LogP contribution is 2.34. The lowest BCUT2D eigenvalue weighted by Gasteiger charge is -2.37. The summed E-state index contributed by atoms with van der Waals surface area (Å²) in [4.78, 5) is 0. The van der Waals surface area contributed by atoms with Gasteiger partial charge in [-0.3, -0.25) is 0 Å². The van der Waals surface area contributed by atoms with E-state index in [1.54, 1.807) is 0 Å². The monoisotopic (exact) mass is 269 g/mol. The number of benzene rings is 1. The highest BCUT2D eigenvalue weighted by atomic mass is 19.1. The van der Waals surface area contributed by atoms with E-state index in [0.29, 0.717) is 18.9 Å². The zero-order valence-electron chi connectivity index (χ0n) is 10.6. The Morgan fingerprint density at radius 2 is 2.16 bits per heavy atom. The summed E-state index contributed by atoms with van der Waals surface area (Å²) in [7, 11) is 0. The van der Waals surface area contributed by atoms with E-state index in [9.17, 15) is 8.78 Å². The molecule has 1 aromatic rings. The molecule has 0 amide bonds. The fourth-order valence-corrected chi connectivity index (χ4v) is 2.84. The van der Waals surface area contributed by atoms with Crippen molar-refractivity contribution in [3.8, 4) is 0 Å². The minimum atomic E-state index is -0.560. The van der Waals surface area contributed by atoms with E-state index in [1.165, 1.54) is 12.1 Å². The van der Waals surface area contributed by atoms with Crippen LogP contribution in [0.3, 0.4) is 0 Å². The van der Waals surface area contributed by atoms with Gasteiger partial charge < -0.3 is 14.8 Å². The third-order valence-electron chi connectivity index (χ3n) is 3.85. The summed E-state index contributed by atoms with van der Waals surface area (Å²) in [6.07, 6.45) is 2.50. The first kappa shape index (κ1) is 12.8. The van der Waals surface area contributed by atoms with E-state index in [2.05, 4.69) is 5.32 Å². The maximum absolute atomic E-state index is 13.6. The summed E-state index contributed by atoms with van der Waals surface area (Å²) in [6, 6.07) is 3.74. The van der Waals surface area contributed by atoms with Crippen LogP contribution in [0.4, 0.5) is 14.5 Å². The summed E-state index contributed by atoms with van der Waals surface area (Å²) in [5.41, 5.74) is 0.134. The average molecular weight is 269 g/mol. The molecule has 5 heteroatoms. The molecule has 2 saturated heterocycles. The van der Waals surface area contributed by atoms with Crippen molar-refractivity contribution in [2.45, 2.75) is 30.9 Å². The second kappa shape index (κ2) is 5.06. The number of anilines is 1. The van der Waals surface area contributed by atoms with Gasteiger partial charge in [0, 0.05) is 31.7 Å². The van der Waals surface area contributed by atoms with Crippen LogP contribution in [0.5, 0.6) is 0 Å². The summed E-state index contributed by atoms with van der Waals surface area (Å²) in [5, 5.41) is 3.15. The zero-order chi connectivity index (χ0) is 13.3. The second-order valence-corrected chi connectivity index (χ2v) is 5.29. The van der Waals surface area contributed by atoms with Crippen LogP contribution in [0.15, 0.2) is 18.2 Å². The van der Waals surface area contributed by atoms with Gasteiger partial charge in [0.15, 0.2) is 0 Å². The average Bonchev–Trinajstić information content (AvgIpc) is 2.81. The van der Waals surface area contributed by atoms with Crippen molar-refractivity contribution >= 4 is 5.69 Å².